The van der Waals surface area contributed by atoms with Gasteiger partial charge in [0.25, 0.3) is 0 Å². The SMILES string of the molecule is CCCCCC(=O)N1C[C@H](CO)[C@@H](c2cccc(F)c2)C1. The highest BCUT2D eigenvalue weighted by Gasteiger charge is 2.35. The Morgan fingerprint density at radius 2 is 2.19 bits per heavy atom. The van der Waals surface area contributed by atoms with E-state index < -0.39 is 0 Å². The van der Waals surface area contributed by atoms with Gasteiger partial charge in [0.2, 0.25) is 5.91 Å². The Morgan fingerprint density at radius 1 is 1.38 bits per heavy atom. The van der Waals surface area contributed by atoms with Gasteiger partial charge >= 0.3 is 0 Å². The monoisotopic (exact) mass is 293 g/mol. The molecule has 4 heteroatoms. The van der Waals surface area contributed by atoms with E-state index in [1.54, 1.807) is 6.07 Å². The summed E-state index contributed by atoms with van der Waals surface area (Å²) >= 11 is 0. The lowest BCUT2D eigenvalue weighted by Gasteiger charge is -2.17. The maximum atomic E-state index is 13.4. The molecule has 1 aromatic carbocycles. The first kappa shape index (κ1) is 16.0. The van der Waals surface area contributed by atoms with Gasteiger partial charge in [-0.05, 0) is 24.1 Å². The second-order valence-electron chi connectivity index (χ2n) is 5.86. The van der Waals surface area contributed by atoms with Gasteiger partial charge in [0.1, 0.15) is 5.82 Å². The fourth-order valence-corrected chi connectivity index (χ4v) is 3.06. The number of carbonyl (C=O) groups is 1. The van der Waals surface area contributed by atoms with Crippen LogP contribution in [0.3, 0.4) is 0 Å². The van der Waals surface area contributed by atoms with Crippen LogP contribution in [-0.4, -0.2) is 35.6 Å². The summed E-state index contributed by atoms with van der Waals surface area (Å²) in [6.07, 6.45) is 3.65. The fraction of sp³-hybridized carbons (Fsp3) is 0.588. The molecule has 1 heterocycles. The third-order valence-electron chi connectivity index (χ3n) is 4.30. The molecule has 1 aliphatic heterocycles. The molecule has 1 aliphatic rings. The molecule has 3 nitrogen and oxygen atoms in total. The van der Waals surface area contributed by atoms with E-state index in [4.69, 9.17) is 0 Å². The van der Waals surface area contributed by atoms with Gasteiger partial charge in [-0.15, -0.1) is 0 Å². The lowest BCUT2D eigenvalue weighted by molar-refractivity contribution is -0.130. The minimum atomic E-state index is -0.267. The summed E-state index contributed by atoms with van der Waals surface area (Å²) in [6.45, 7) is 3.30. The summed E-state index contributed by atoms with van der Waals surface area (Å²) in [5.74, 6) is -0.0829. The van der Waals surface area contributed by atoms with Crippen LogP contribution < -0.4 is 0 Å². The average molecular weight is 293 g/mol. The molecular formula is C17H24FNO2. The quantitative estimate of drug-likeness (QED) is 0.819. The first-order chi connectivity index (χ1) is 10.2. The predicted molar refractivity (Wildman–Crippen MR) is 80.4 cm³/mol. The topological polar surface area (TPSA) is 40.5 Å². The summed E-state index contributed by atoms with van der Waals surface area (Å²) in [4.78, 5) is 14.0. The molecule has 116 valence electrons. The number of aliphatic hydroxyl groups excluding tert-OH is 1. The van der Waals surface area contributed by atoms with Crippen molar-refractivity contribution >= 4 is 5.91 Å². The second-order valence-corrected chi connectivity index (χ2v) is 5.86. The van der Waals surface area contributed by atoms with Gasteiger partial charge in [0.15, 0.2) is 0 Å². The Balaban J connectivity index is 2.02. The van der Waals surface area contributed by atoms with Crippen LogP contribution in [0.1, 0.15) is 44.1 Å². The molecule has 0 bridgehead atoms. The number of unbranched alkanes of at least 4 members (excludes halogenated alkanes) is 2. The summed E-state index contributed by atoms with van der Waals surface area (Å²) in [6, 6.07) is 6.49. The van der Waals surface area contributed by atoms with Crippen LogP contribution in [-0.2, 0) is 4.79 Å². The minimum absolute atomic E-state index is 0.00178. The molecular weight excluding hydrogens is 269 g/mol. The molecule has 2 rings (SSSR count). The second kappa shape index (κ2) is 7.55. The van der Waals surface area contributed by atoms with Crippen LogP contribution >= 0.6 is 0 Å². The highest BCUT2D eigenvalue weighted by molar-refractivity contribution is 5.76. The van der Waals surface area contributed by atoms with Crippen molar-refractivity contribution in [3.8, 4) is 0 Å². The van der Waals surface area contributed by atoms with Gasteiger partial charge in [0, 0.05) is 38.0 Å². The molecule has 2 atom stereocenters. The normalized spacial score (nSPS) is 21.8. The predicted octanol–water partition coefficient (Wildman–Crippen LogP) is 2.94. The number of carbonyl (C=O) groups excluding carboxylic acids is 1. The third-order valence-corrected chi connectivity index (χ3v) is 4.30. The summed E-state index contributed by atoms with van der Waals surface area (Å²) in [5, 5.41) is 9.55. The van der Waals surface area contributed by atoms with E-state index in [1.165, 1.54) is 12.1 Å². The van der Waals surface area contributed by atoms with Gasteiger partial charge < -0.3 is 10.0 Å². The van der Waals surface area contributed by atoms with E-state index in [1.807, 2.05) is 11.0 Å². The third kappa shape index (κ3) is 4.03. The number of hydrogen-bond donors (Lipinski definition) is 1. The fourth-order valence-electron chi connectivity index (χ4n) is 3.06. The highest BCUT2D eigenvalue weighted by atomic mass is 19.1. The Kier molecular flexibility index (Phi) is 5.74. The van der Waals surface area contributed by atoms with Crippen molar-refractivity contribution < 1.29 is 14.3 Å². The molecule has 0 spiro atoms. The van der Waals surface area contributed by atoms with Gasteiger partial charge in [-0.25, -0.2) is 4.39 Å². The van der Waals surface area contributed by atoms with Crippen molar-refractivity contribution in [2.24, 2.45) is 5.92 Å². The summed E-state index contributed by atoms with van der Waals surface area (Å²) < 4.78 is 13.4. The van der Waals surface area contributed by atoms with Crippen molar-refractivity contribution in [1.82, 2.24) is 4.90 Å². The zero-order valence-corrected chi connectivity index (χ0v) is 12.6. The molecule has 1 amide bonds. The molecule has 0 unspecified atom stereocenters. The van der Waals surface area contributed by atoms with Gasteiger partial charge in [-0.2, -0.15) is 0 Å². The van der Waals surface area contributed by atoms with Gasteiger partial charge in [-0.1, -0.05) is 31.9 Å². The molecule has 1 saturated heterocycles. The standard InChI is InChI=1S/C17H24FNO2/c1-2-3-4-8-17(21)19-10-14(12-20)16(11-19)13-6-5-7-15(18)9-13/h5-7,9,14,16,20H,2-4,8,10-12H2,1H3/t14-,16-/m1/s1. The number of nitrogens with zero attached hydrogens (tertiary/aromatic N) is 1. The van der Waals surface area contributed by atoms with Gasteiger partial charge in [-0.3, -0.25) is 4.79 Å². The number of likely N-dealkylation sites (tertiary alicyclic amines) is 1. The molecule has 1 fully saturated rings. The Morgan fingerprint density at radius 3 is 2.86 bits per heavy atom. The van der Waals surface area contributed by atoms with Crippen molar-refractivity contribution in [2.45, 2.75) is 38.5 Å². The van der Waals surface area contributed by atoms with Crippen molar-refractivity contribution in [1.29, 1.82) is 0 Å². The van der Waals surface area contributed by atoms with Crippen molar-refractivity contribution in [3.05, 3.63) is 35.6 Å². The van der Waals surface area contributed by atoms with Crippen molar-refractivity contribution in [3.63, 3.8) is 0 Å². The maximum Gasteiger partial charge on any atom is 0.222 e. The van der Waals surface area contributed by atoms with Crippen molar-refractivity contribution in [2.75, 3.05) is 19.7 Å². The smallest absolute Gasteiger partial charge is 0.222 e. The van der Waals surface area contributed by atoms with Crippen LogP contribution in [0.4, 0.5) is 4.39 Å². The van der Waals surface area contributed by atoms with Crippen LogP contribution in [0.15, 0.2) is 24.3 Å². The van der Waals surface area contributed by atoms with E-state index in [9.17, 15) is 14.3 Å². The summed E-state index contributed by atoms with van der Waals surface area (Å²) in [5.41, 5.74) is 0.873. The zero-order valence-electron chi connectivity index (χ0n) is 12.6. The largest absolute Gasteiger partial charge is 0.396 e. The first-order valence-corrected chi connectivity index (χ1v) is 7.79. The number of rotatable bonds is 6. The molecule has 1 aromatic rings. The van der Waals surface area contributed by atoms with E-state index in [-0.39, 0.29) is 30.2 Å². The molecule has 0 saturated carbocycles. The van der Waals surface area contributed by atoms with E-state index in [0.717, 1.165) is 24.8 Å². The van der Waals surface area contributed by atoms with E-state index >= 15 is 0 Å². The molecule has 0 radical (unpaired) electrons. The lowest BCUT2D eigenvalue weighted by Crippen LogP contribution is -2.28. The number of benzene rings is 1. The molecule has 1 N–H and O–H groups in total. The van der Waals surface area contributed by atoms with Crippen LogP contribution in [0.2, 0.25) is 0 Å². The number of halogens is 1. The number of aliphatic hydroxyl groups is 1. The molecule has 0 aromatic heterocycles. The van der Waals surface area contributed by atoms with Crippen LogP contribution in [0.5, 0.6) is 0 Å². The molecule has 21 heavy (non-hydrogen) atoms. The maximum absolute atomic E-state index is 13.4. The Bertz CT molecular complexity index is 478. The minimum Gasteiger partial charge on any atom is -0.396 e. The lowest BCUT2D eigenvalue weighted by atomic mass is 9.89. The van der Waals surface area contributed by atoms with E-state index in [2.05, 4.69) is 6.92 Å². The van der Waals surface area contributed by atoms with Crippen LogP contribution in [0.25, 0.3) is 0 Å². The molecule has 0 aliphatic carbocycles. The first-order valence-electron chi connectivity index (χ1n) is 7.79. The number of hydrogen-bond acceptors (Lipinski definition) is 2. The Labute approximate surface area is 125 Å². The Hall–Kier alpha value is -1.42. The number of amides is 1. The van der Waals surface area contributed by atoms with Crippen LogP contribution in [0, 0.1) is 11.7 Å². The zero-order chi connectivity index (χ0) is 15.2. The van der Waals surface area contributed by atoms with Gasteiger partial charge in [0.05, 0.1) is 0 Å². The highest BCUT2D eigenvalue weighted by Crippen LogP contribution is 2.33. The average Bonchev–Trinajstić information content (AvgIpc) is 2.91. The summed E-state index contributed by atoms with van der Waals surface area (Å²) in [7, 11) is 0. The van der Waals surface area contributed by atoms with E-state index in [0.29, 0.717) is 19.5 Å².